The van der Waals surface area contributed by atoms with E-state index in [1.54, 1.807) is 17.5 Å². The normalized spacial score (nSPS) is 13.3. The summed E-state index contributed by atoms with van der Waals surface area (Å²) in [5.74, 6) is 0. The maximum Gasteiger partial charge on any atom is 0.185 e. The third-order valence-electron chi connectivity index (χ3n) is 6.11. The first-order chi connectivity index (χ1) is 16.2. The van der Waals surface area contributed by atoms with Crippen LogP contribution in [-0.2, 0) is 19.4 Å². The standard InChI is InChI=1S/C26H24N6S/c1-19-16-31(18-28-19)24-8-5-21-9-12-30(17-22(21)14-24)26-27-15-25(33-26)13-20-3-6-23(7-4-20)32-11-2-10-29-32/h2-8,10-11,14-16,18H,9,12-13,17H2,1H3. The van der Waals surface area contributed by atoms with Gasteiger partial charge in [-0.25, -0.2) is 14.6 Å². The molecule has 0 N–H and O–H groups in total. The van der Waals surface area contributed by atoms with Gasteiger partial charge in [-0.05, 0) is 60.4 Å². The Morgan fingerprint density at radius 3 is 2.67 bits per heavy atom. The van der Waals surface area contributed by atoms with E-state index >= 15 is 0 Å². The Bertz CT molecular complexity index is 1380. The Kier molecular flexibility index (Phi) is 5.03. The van der Waals surface area contributed by atoms with Crippen LogP contribution in [0.2, 0.25) is 0 Å². The number of aromatic nitrogens is 5. The molecule has 0 saturated heterocycles. The van der Waals surface area contributed by atoms with Crippen LogP contribution in [0.4, 0.5) is 5.13 Å². The average Bonchev–Trinajstić information content (AvgIpc) is 3.61. The number of anilines is 1. The quantitative estimate of drug-likeness (QED) is 0.378. The summed E-state index contributed by atoms with van der Waals surface area (Å²) in [7, 11) is 0. The molecule has 6 nitrogen and oxygen atoms in total. The maximum atomic E-state index is 4.77. The summed E-state index contributed by atoms with van der Waals surface area (Å²) >= 11 is 1.80. The number of fused-ring (bicyclic) bond motifs is 1. The number of imidazole rings is 1. The molecule has 0 fully saturated rings. The summed E-state index contributed by atoms with van der Waals surface area (Å²) in [6.07, 6.45) is 11.7. The molecule has 0 bridgehead atoms. The first-order valence-electron chi connectivity index (χ1n) is 11.1. The predicted molar refractivity (Wildman–Crippen MR) is 132 cm³/mol. The summed E-state index contributed by atoms with van der Waals surface area (Å²) in [4.78, 5) is 12.8. The molecule has 7 heteroatoms. The van der Waals surface area contributed by atoms with E-state index in [0.29, 0.717) is 0 Å². The van der Waals surface area contributed by atoms with E-state index in [4.69, 9.17) is 4.98 Å². The van der Waals surface area contributed by atoms with E-state index in [1.165, 1.54) is 21.6 Å². The summed E-state index contributed by atoms with van der Waals surface area (Å²) in [5, 5.41) is 5.40. The molecule has 3 aromatic heterocycles. The maximum absolute atomic E-state index is 4.77. The fourth-order valence-corrected chi connectivity index (χ4v) is 5.31. The third kappa shape index (κ3) is 4.07. The van der Waals surface area contributed by atoms with Crippen LogP contribution in [0.5, 0.6) is 0 Å². The SMILES string of the molecule is Cc1cn(-c2ccc3c(c2)CN(c2ncc(Cc4ccc(-n5cccn5)cc4)s2)CC3)cn1. The van der Waals surface area contributed by atoms with Gasteiger partial charge in [0.05, 0.1) is 17.7 Å². The minimum absolute atomic E-state index is 0.891. The lowest BCUT2D eigenvalue weighted by Gasteiger charge is -2.29. The highest BCUT2D eigenvalue weighted by Gasteiger charge is 2.20. The largest absolute Gasteiger partial charge is 0.343 e. The molecule has 0 radical (unpaired) electrons. The zero-order valence-electron chi connectivity index (χ0n) is 18.4. The van der Waals surface area contributed by atoms with Crippen molar-refractivity contribution in [3.05, 3.63) is 107 Å². The number of aryl methyl sites for hydroxylation is 1. The summed E-state index contributed by atoms with van der Waals surface area (Å²) < 4.78 is 3.97. The third-order valence-corrected chi connectivity index (χ3v) is 7.17. The Morgan fingerprint density at radius 2 is 1.88 bits per heavy atom. The first kappa shape index (κ1) is 19.9. The lowest BCUT2D eigenvalue weighted by Crippen LogP contribution is -2.30. The van der Waals surface area contributed by atoms with E-state index < -0.39 is 0 Å². The van der Waals surface area contributed by atoms with E-state index in [1.807, 2.05) is 36.4 Å². The van der Waals surface area contributed by atoms with Crippen molar-refractivity contribution in [1.82, 2.24) is 24.3 Å². The average molecular weight is 453 g/mol. The van der Waals surface area contributed by atoms with Gasteiger partial charge in [-0.15, -0.1) is 11.3 Å². The van der Waals surface area contributed by atoms with Gasteiger partial charge in [0, 0.05) is 54.9 Å². The fraction of sp³-hybridized carbons (Fsp3) is 0.192. The minimum Gasteiger partial charge on any atom is -0.343 e. The molecule has 33 heavy (non-hydrogen) atoms. The number of thiazole rings is 1. The van der Waals surface area contributed by atoms with Crippen LogP contribution in [0.15, 0.2) is 79.6 Å². The Labute approximate surface area is 196 Å². The van der Waals surface area contributed by atoms with Crippen LogP contribution in [0.25, 0.3) is 11.4 Å². The Balaban J connectivity index is 1.16. The van der Waals surface area contributed by atoms with Crippen LogP contribution in [0.3, 0.4) is 0 Å². The molecule has 0 atom stereocenters. The number of nitrogens with zero attached hydrogens (tertiary/aromatic N) is 6. The lowest BCUT2D eigenvalue weighted by molar-refractivity contribution is 0.727. The van der Waals surface area contributed by atoms with Crippen LogP contribution in [0.1, 0.15) is 27.3 Å². The molecule has 4 heterocycles. The van der Waals surface area contributed by atoms with Gasteiger partial charge in [-0.3, -0.25) is 0 Å². The van der Waals surface area contributed by atoms with Gasteiger partial charge in [0.1, 0.15) is 0 Å². The number of hydrogen-bond acceptors (Lipinski definition) is 5. The molecule has 1 aliphatic heterocycles. The van der Waals surface area contributed by atoms with Crippen molar-refractivity contribution >= 4 is 16.5 Å². The van der Waals surface area contributed by atoms with Crippen LogP contribution in [0, 0.1) is 6.92 Å². The van der Waals surface area contributed by atoms with Crippen LogP contribution < -0.4 is 4.90 Å². The van der Waals surface area contributed by atoms with E-state index in [-0.39, 0.29) is 0 Å². The van der Waals surface area contributed by atoms with Crippen molar-refractivity contribution < 1.29 is 0 Å². The molecular weight excluding hydrogens is 428 g/mol. The highest BCUT2D eigenvalue weighted by molar-refractivity contribution is 7.15. The van der Waals surface area contributed by atoms with Gasteiger partial charge in [0.2, 0.25) is 0 Å². The second kappa shape index (κ2) is 8.33. The molecule has 6 rings (SSSR count). The molecule has 0 amide bonds. The monoisotopic (exact) mass is 452 g/mol. The van der Waals surface area contributed by atoms with Crippen molar-refractivity contribution in [2.24, 2.45) is 0 Å². The smallest absolute Gasteiger partial charge is 0.185 e. The highest BCUT2D eigenvalue weighted by Crippen LogP contribution is 2.30. The lowest BCUT2D eigenvalue weighted by atomic mass is 9.99. The second-order valence-corrected chi connectivity index (χ2v) is 9.54. The zero-order chi connectivity index (χ0) is 22.2. The van der Waals surface area contributed by atoms with E-state index in [9.17, 15) is 0 Å². The van der Waals surface area contributed by atoms with Crippen molar-refractivity contribution in [1.29, 1.82) is 0 Å². The molecule has 0 unspecified atom stereocenters. The van der Waals surface area contributed by atoms with Gasteiger partial charge in [-0.2, -0.15) is 5.10 Å². The van der Waals surface area contributed by atoms with E-state index in [0.717, 1.165) is 48.1 Å². The van der Waals surface area contributed by atoms with Crippen LogP contribution >= 0.6 is 11.3 Å². The number of rotatable bonds is 5. The van der Waals surface area contributed by atoms with Crippen molar-refractivity contribution in [2.45, 2.75) is 26.3 Å². The second-order valence-electron chi connectivity index (χ2n) is 8.45. The Morgan fingerprint density at radius 1 is 1.00 bits per heavy atom. The predicted octanol–water partition coefficient (Wildman–Crippen LogP) is 4.98. The molecule has 0 saturated carbocycles. The molecule has 2 aromatic carbocycles. The number of hydrogen-bond donors (Lipinski definition) is 0. The molecule has 0 spiro atoms. The molecular formula is C26H24N6S. The molecule has 0 aliphatic carbocycles. The van der Waals surface area contributed by atoms with Crippen molar-refractivity contribution in [3.63, 3.8) is 0 Å². The summed E-state index contributed by atoms with van der Waals surface area (Å²) in [6.45, 7) is 3.91. The fourth-order valence-electron chi connectivity index (χ4n) is 4.34. The summed E-state index contributed by atoms with van der Waals surface area (Å²) in [5.41, 5.74) is 7.35. The van der Waals surface area contributed by atoms with Gasteiger partial charge >= 0.3 is 0 Å². The van der Waals surface area contributed by atoms with Crippen molar-refractivity contribution in [3.8, 4) is 11.4 Å². The van der Waals surface area contributed by atoms with Crippen LogP contribution in [-0.4, -0.2) is 30.9 Å². The van der Waals surface area contributed by atoms with E-state index in [2.05, 4.69) is 68.2 Å². The molecule has 5 aromatic rings. The Hall–Kier alpha value is -3.71. The highest BCUT2D eigenvalue weighted by atomic mass is 32.1. The van der Waals surface area contributed by atoms with Gasteiger partial charge in [0.15, 0.2) is 5.13 Å². The zero-order valence-corrected chi connectivity index (χ0v) is 19.2. The summed E-state index contributed by atoms with van der Waals surface area (Å²) in [6, 6.07) is 17.3. The minimum atomic E-state index is 0.891. The number of benzene rings is 2. The van der Waals surface area contributed by atoms with Gasteiger partial charge < -0.3 is 9.47 Å². The first-order valence-corrected chi connectivity index (χ1v) is 11.9. The molecule has 164 valence electrons. The van der Waals surface area contributed by atoms with Gasteiger partial charge in [-0.1, -0.05) is 18.2 Å². The van der Waals surface area contributed by atoms with Crippen molar-refractivity contribution in [2.75, 3.05) is 11.4 Å². The molecule has 1 aliphatic rings. The topological polar surface area (TPSA) is 51.8 Å². The van der Waals surface area contributed by atoms with Gasteiger partial charge in [0.25, 0.3) is 0 Å².